The van der Waals surface area contributed by atoms with Gasteiger partial charge < -0.3 is 14.0 Å². The SMILES string of the molecule is C[C@@H](C=O)[C@@H](O[Si](C)(C)C(C)(C)C)[C@@H](C)C(=O)C(C)(C)[C@@H](C)CC(=O)OC(C)(C)C. The number of Topliss-reactive ketones (excluding diaryl/α,β-unsaturated/α-hetero) is 1. The van der Waals surface area contributed by atoms with Gasteiger partial charge in [0.2, 0.25) is 0 Å². The smallest absolute Gasteiger partial charge is 0.306 e. The Morgan fingerprint density at radius 1 is 0.933 bits per heavy atom. The molecule has 0 aliphatic rings. The molecule has 0 aliphatic carbocycles. The van der Waals surface area contributed by atoms with Crippen LogP contribution >= 0.6 is 0 Å². The number of ketones is 1. The monoisotopic (exact) mass is 442 g/mol. The maximum Gasteiger partial charge on any atom is 0.306 e. The van der Waals surface area contributed by atoms with Crippen LogP contribution in [0.15, 0.2) is 0 Å². The summed E-state index contributed by atoms with van der Waals surface area (Å²) in [6.45, 7) is 25.5. The van der Waals surface area contributed by atoms with E-state index in [1.807, 2.05) is 55.4 Å². The highest BCUT2D eigenvalue weighted by Crippen LogP contribution is 2.41. The summed E-state index contributed by atoms with van der Waals surface area (Å²) < 4.78 is 12.0. The van der Waals surface area contributed by atoms with Gasteiger partial charge in [-0.25, -0.2) is 0 Å². The Kier molecular flexibility index (Phi) is 9.73. The van der Waals surface area contributed by atoms with Gasteiger partial charge in [0.1, 0.15) is 17.7 Å². The number of aldehydes is 1. The van der Waals surface area contributed by atoms with Crippen LogP contribution in [0.3, 0.4) is 0 Å². The minimum atomic E-state index is -2.18. The Morgan fingerprint density at radius 2 is 1.40 bits per heavy atom. The predicted molar refractivity (Wildman–Crippen MR) is 125 cm³/mol. The largest absolute Gasteiger partial charge is 0.460 e. The van der Waals surface area contributed by atoms with Crippen LogP contribution in [0, 0.1) is 23.2 Å². The van der Waals surface area contributed by atoms with Crippen LogP contribution in [0.4, 0.5) is 0 Å². The number of esters is 1. The van der Waals surface area contributed by atoms with E-state index in [0.29, 0.717) is 0 Å². The Bertz CT molecular complexity index is 610. The lowest BCUT2D eigenvalue weighted by atomic mass is 9.69. The standard InChI is InChI=1S/C24H46O5Si/c1-16(15-25)20(29-30(12,13)23(7,8)9)18(3)21(27)24(10,11)17(2)14-19(26)28-22(4,5)6/h15-18,20H,14H2,1-13H3/t16-,17-,18+,20+/m0/s1. The van der Waals surface area contributed by atoms with Crippen LogP contribution < -0.4 is 0 Å². The molecule has 176 valence electrons. The molecule has 0 radical (unpaired) electrons. The van der Waals surface area contributed by atoms with E-state index in [1.165, 1.54) is 0 Å². The second-order valence-electron chi connectivity index (χ2n) is 11.9. The summed E-state index contributed by atoms with van der Waals surface area (Å²) in [4.78, 5) is 37.5. The Morgan fingerprint density at radius 3 is 1.77 bits per heavy atom. The van der Waals surface area contributed by atoms with Crippen molar-refractivity contribution >= 4 is 26.4 Å². The quantitative estimate of drug-likeness (QED) is 0.242. The van der Waals surface area contributed by atoms with E-state index in [0.717, 1.165) is 6.29 Å². The molecule has 6 heteroatoms. The van der Waals surface area contributed by atoms with Gasteiger partial charge in [0.15, 0.2) is 8.32 Å². The van der Waals surface area contributed by atoms with Crippen molar-refractivity contribution in [3.8, 4) is 0 Å². The molecule has 0 aromatic carbocycles. The summed E-state index contributed by atoms with van der Waals surface area (Å²) in [5, 5.41) is -0.0316. The van der Waals surface area contributed by atoms with E-state index in [4.69, 9.17) is 9.16 Å². The highest BCUT2D eigenvalue weighted by molar-refractivity contribution is 6.74. The molecule has 0 aliphatic heterocycles. The van der Waals surface area contributed by atoms with Crippen molar-refractivity contribution in [3.63, 3.8) is 0 Å². The fourth-order valence-corrected chi connectivity index (χ4v) is 4.58. The molecule has 0 aromatic rings. The van der Waals surface area contributed by atoms with Gasteiger partial charge in [-0.15, -0.1) is 0 Å². The van der Waals surface area contributed by atoms with Crippen molar-refractivity contribution in [2.24, 2.45) is 23.2 Å². The van der Waals surface area contributed by atoms with Crippen molar-refractivity contribution in [2.45, 2.75) is 112 Å². The number of hydrogen-bond donors (Lipinski definition) is 0. The maximum atomic E-state index is 13.5. The molecule has 0 spiro atoms. The molecule has 0 saturated carbocycles. The van der Waals surface area contributed by atoms with E-state index in [1.54, 1.807) is 0 Å². The maximum absolute atomic E-state index is 13.5. The summed E-state index contributed by atoms with van der Waals surface area (Å²) in [7, 11) is -2.18. The van der Waals surface area contributed by atoms with Crippen molar-refractivity contribution in [1.82, 2.24) is 0 Å². The second-order valence-corrected chi connectivity index (χ2v) is 16.7. The van der Waals surface area contributed by atoms with Crippen LogP contribution in [0.5, 0.6) is 0 Å². The predicted octanol–water partition coefficient (Wildman–Crippen LogP) is 5.81. The topological polar surface area (TPSA) is 69.7 Å². The lowest BCUT2D eigenvalue weighted by molar-refractivity contribution is -0.157. The number of ether oxygens (including phenoxy) is 1. The summed E-state index contributed by atoms with van der Waals surface area (Å²) in [5.41, 5.74) is -1.31. The average Bonchev–Trinajstić information content (AvgIpc) is 2.54. The molecular weight excluding hydrogens is 396 g/mol. The lowest BCUT2D eigenvalue weighted by Gasteiger charge is -2.43. The molecule has 0 saturated heterocycles. The summed E-state index contributed by atoms with van der Waals surface area (Å²) in [5.74, 6) is -1.36. The second kappa shape index (κ2) is 10.1. The third-order valence-corrected chi connectivity index (χ3v) is 11.1. The van der Waals surface area contributed by atoms with Crippen molar-refractivity contribution in [2.75, 3.05) is 0 Å². The number of rotatable bonds is 10. The average molecular weight is 443 g/mol. The van der Waals surface area contributed by atoms with E-state index in [2.05, 4.69) is 33.9 Å². The first-order valence-corrected chi connectivity index (χ1v) is 14.0. The van der Waals surface area contributed by atoms with Crippen LogP contribution in [-0.2, 0) is 23.5 Å². The highest BCUT2D eigenvalue weighted by atomic mass is 28.4. The van der Waals surface area contributed by atoms with E-state index in [-0.39, 0.29) is 29.1 Å². The molecule has 0 aromatic heterocycles. The van der Waals surface area contributed by atoms with Gasteiger partial charge >= 0.3 is 5.97 Å². The first-order chi connectivity index (χ1) is 13.2. The van der Waals surface area contributed by atoms with Crippen LogP contribution in [0.25, 0.3) is 0 Å². The van der Waals surface area contributed by atoms with Gasteiger partial charge in [-0.2, -0.15) is 0 Å². The molecule has 0 unspecified atom stereocenters. The number of hydrogen-bond acceptors (Lipinski definition) is 5. The Hall–Kier alpha value is -1.01. The van der Waals surface area contributed by atoms with Crippen LogP contribution in [0.2, 0.25) is 18.1 Å². The Labute approximate surface area is 185 Å². The van der Waals surface area contributed by atoms with E-state index in [9.17, 15) is 14.4 Å². The van der Waals surface area contributed by atoms with Gasteiger partial charge in [-0.3, -0.25) is 9.59 Å². The van der Waals surface area contributed by atoms with E-state index < -0.39 is 37.3 Å². The highest BCUT2D eigenvalue weighted by Gasteiger charge is 2.46. The van der Waals surface area contributed by atoms with Gasteiger partial charge in [0.05, 0.1) is 6.10 Å². The molecule has 0 rings (SSSR count). The zero-order chi connectivity index (χ0) is 24.3. The number of carbonyl (C=O) groups is 3. The van der Waals surface area contributed by atoms with Gasteiger partial charge in [0, 0.05) is 23.7 Å². The molecule has 30 heavy (non-hydrogen) atoms. The molecular formula is C24H46O5Si. The lowest BCUT2D eigenvalue weighted by Crippen LogP contribution is -2.51. The summed E-state index contributed by atoms with van der Waals surface area (Å²) >= 11 is 0. The normalized spacial score (nSPS) is 17.6. The molecule has 0 amide bonds. The van der Waals surface area contributed by atoms with Crippen LogP contribution in [-0.4, -0.2) is 38.1 Å². The molecule has 0 fully saturated rings. The molecule has 0 N–H and O–H groups in total. The summed E-state index contributed by atoms with van der Waals surface area (Å²) in [6.07, 6.45) is 0.558. The Balaban J connectivity index is 5.63. The molecule has 0 heterocycles. The third-order valence-electron chi connectivity index (χ3n) is 6.64. The fraction of sp³-hybridized carbons (Fsp3) is 0.875. The fourth-order valence-electron chi connectivity index (χ4n) is 3.13. The molecule has 5 nitrogen and oxygen atoms in total. The first-order valence-electron chi connectivity index (χ1n) is 11.1. The molecule has 0 bridgehead atoms. The van der Waals surface area contributed by atoms with Crippen molar-refractivity contribution in [3.05, 3.63) is 0 Å². The van der Waals surface area contributed by atoms with Crippen LogP contribution in [0.1, 0.15) is 82.6 Å². The zero-order valence-corrected chi connectivity index (χ0v) is 22.6. The van der Waals surface area contributed by atoms with Gasteiger partial charge in [-0.1, -0.05) is 55.4 Å². The number of carbonyl (C=O) groups excluding carboxylic acids is 3. The molecule has 4 atom stereocenters. The van der Waals surface area contributed by atoms with Gasteiger partial charge in [-0.05, 0) is 44.8 Å². The van der Waals surface area contributed by atoms with E-state index >= 15 is 0 Å². The first kappa shape index (κ1) is 29.0. The van der Waals surface area contributed by atoms with Crippen molar-refractivity contribution < 1.29 is 23.5 Å². The minimum absolute atomic E-state index is 0.0102. The third kappa shape index (κ3) is 7.91. The van der Waals surface area contributed by atoms with Gasteiger partial charge in [0.25, 0.3) is 0 Å². The zero-order valence-electron chi connectivity index (χ0n) is 21.6. The van der Waals surface area contributed by atoms with Crippen molar-refractivity contribution in [1.29, 1.82) is 0 Å². The minimum Gasteiger partial charge on any atom is -0.460 e. The summed E-state index contributed by atoms with van der Waals surface area (Å²) in [6, 6.07) is 0.